The minimum atomic E-state index is 0.749. The summed E-state index contributed by atoms with van der Waals surface area (Å²) in [7, 11) is 0. The predicted molar refractivity (Wildman–Crippen MR) is 72.7 cm³/mol. The molecular formula is C15H22N2. The number of rotatable bonds is 1. The van der Waals surface area contributed by atoms with Crippen molar-refractivity contribution in [2.75, 3.05) is 31.1 Å². The fourth-order valence-electron chi connectivity index (χ4n) is 3.29. The summed E-state index contributed by atoms with van der Waals surface area (Å²) < 4.78 is 0. The summed E-state index contributed by atoms with van der Waals surface area (Å²) in [6.07, 6.45) is 2.59. The van der Waals surface area contributed by atoms with E-state index in [4.69, 9.17) is 0 Å². The fraction of sp³-hybridized carbons (Fsp3) is 0.600. The molecular weight excluding hydrogens is 208 g/mol. The third-order valence-electron chi connectivity index (χ3n) is 4.31. The smallest absolute Gasteiger partial charge is 0.0420 e. The molecule has 0 aliphatic carbocycles. The molecule has 2 aliphatic heterocycles. The van der Waals surface area contributed by atoms with Crippen molar-refractivity contribution in [2.45, 2.75) is 32.7 Å². The minimum Gasteiger partial charge on any atom is -0.366 e. The number of hydrogen-bond acceptors (Lipinski definition) is 2. The number of piperazine rings is 1. The molecule has 3 rings (SSSR count). The summed E-state index contributed by atoms with van der Waals surface area (Å²) >= 11 is 0. The number of likely N-dealkylation sites (N-methyl/N-ethyl adjacent to an activating group) is 1. The van der Waals surface area contributed by atoms with Crippen LogP contribution < -0.4 is 4.90 Å². The Kier molecular flexibility index (Phi) is 2.83. The number of fused-ring (bicyclic) bond motifs is 3. The van der Waals surface area contributed by atoms with Crippen molar-refractivity contribution in [1.29, 1.82) is 0 Å². The highest BCUT2D eigenvalue weighted by atomic mass is 15.3. The predicted octanol–water partition coefficient (Wildman–Crippen LogP) is 2.45. The Morgan fingerprint density at radius 3 is 3.00 bits per heavy atom. The lowest BCUT2D eigenvalue weighted by atomic mass is 9.93. The van der Waals surface area contributed by atoms with Crippen molar-refractivity contribution in [2.24, 2.45) is 0 Å². The standard InChI is InChI=1S/C15H22N2/c1-3-16-8-9-17-14(11-16)6-5-13-10-12(2)4-7-15(13)17/h4,7,10,14H,3,5-6,8-9,11H2,1-2H3. The molecule has 2 heteroatoms. The second-order valence-corrected chi connectivity index (χ2v) is 5.41. The third kappa shape index (κ3) is 1.95. The van der Waals surface area contributed by atoms with Gasteiger partial charge in [0.05, 0.1) is 0 Å². The molecule has 0 radical (unpaired) electrons. The molecule has 0 bridgehead atoms. The molecule has 1 aromatic rings. The number of benzene rings is 1. The maximum absolute atomic E-state index is 2.64. The summed E-state index contributed by atoms with van der Waals surface area (Å²) in [5.74, 6) is 0. The molecule has 0 N–H and O–H groups in total. The average Bonchev–Trinajstić information content (AvgIpc) is 2.37. The Hall–Kier alpha value is -1.02. The van der Waals surface area contributed by atoms with Crippen LogP contribution >= 0.6 is 0 Å². The maximum atomic E-state index is 2.64. The van der Waals surface area contributed by atoms with Gasteiger partial charge in [0.1, 0.15) is 0 Å². The molecule has 92 valence electrons. The molecule has 0 spiro atoms. The van der Waals surface area contributed by atoms with Crippen LogP contribution in [-0.2, 0) is 6.42 Å². The van der Waals surface area contributed by atoms with E-state index in [1.807, 2.05) is 0 Å². The number of nitrogens with zero attached hydrogens (tertiary/aromatic N) is 2. The van der Waals surface area contributed by atoms with Gasteiger partial charge >= 0.3 is 0 Å². The Labute approximate surface area is 104 Å². The van der Waals surface area contributed by atoms with Crippen LogP contribution in [-0.4, -0.2) is 37.1 Å². The van der Waals surface area contributed by atoms with Crippen molar-refractivity contribution in [1.82, 2.24) is 4.90 Å². The first-order chi connectivity index (χ1) is 8.28. The van der Waals surface area contributed by atoms with Crippen molar-refractivity contribution >= 4 is 5.69 Å². The van der Waals surface area contributed by atoms with Crippen LogP contribution in [0.2, 0.25) is 0 Å². The zero-order valence-corrected chi connectivity index (χ0v) is 10.9. The first-order valence-corrected chi connectivity index (χ1v) is 6.86. The van der Waals surface area contributed by atoms with E-state index >= 15 is 0 Å². The number of aryl methyl sites for hydroxylation is 2. The van der Waals surface area contributed by atoms with Gasteiger partial charge in [-0.1, -0.05) is 24.6 Å². The summed E-state index contributed by atoms with van der Waals surface area (Å²) in [4.78, 5) is 5.23. The minimum absolute atomic E-state index is 0.749. The van der Waals surface area contributed by atoms with Crippen LogP contribution in [0.3, 0.4) is 0 Å². The number of hydrogen-bond donors (Lipinski definition) is 0. The van der Waals surface area contributed by atoms with E-state index in [-0.39, 0.29) is 0 Å². The van der Waals surface area contributed by atoms with Gasteiger partial charge in [-0.2, -0.15) is 0 Å². The SMILES string of the molecule is CCN1CCN2c3ccc(C)cc3CCC2C1. The number of anilines is 1. The van der Waals surface area contributed by atoms with Gasteiger partial charge in [-0.05, 0) is 37.9 Å². The van der Waals surface area contributed by atoms with Crippen LogP contribution in [0.15, 0.2) is 18.2 Å². The van der Waals surface area contributed by atoms with Gasteiger partial charge in [0.2, 0.25) is 0 Å². The molecule has 1 aromatic carbocycles. The van der Waals surface area contributed by atoms with Crippen LogP contribution in [0.5, 0.6) is 0 Å². The van der Waals surface area contributed by atoms with Crippen molar-refractivity contribution in [3.8, 4) is 0 Å². The van der Waals surface area contributed by atoms with E-state index in [1.54, 1.807) is 5.56 Å². The van der Waals surface area contributed by atoms with Crippen molar-refractivity contribution in [3.63, 3.8) is 0 Å². The Morgan fingerprint density at radius 2 is 2.18 bits per heavy atom. The highest BCUT2D eigenvalue weighted by molar-refractivity contribution is 5.58. The van der Waals surface area contributed by atoms with Crippen molar-refractivity contribution in [3.05, 3.63) is 29.3 Å². The van der Waals surface area contributed by atoms with E-state index in [0.717, 1.165) is 6.04 Å². The average molecular weight is 230 g/mol. The Bertz CT molecular complexity index is 413. The van der Waals surface area contributed by atoms with Crippen molar-refractivity contribution < 1.29 is 0 Å². The first kappa shape index (κ1) is 11.1. The summed E-state index contributed by atoms with van der Waals surface area (Å²) in [6, 6.07) is 7.71. The molecule has 1 saturated heterocycles. The fourth-order valence-corrected chi connectivity index (χ4v) is 3.29. The second kappa shape index (κ2) is 4.34. The van der Waals surface area contributed by atoms with Gasteiger partial charge in [0.15, 0.2) is 0 Å². The van der Waals surface area contributed by atoms with E-state index in [0.29, 0.717) is 0 Å². The molecule has 1 fully saturated rings. The van der Waals surface area contributed by atoms with Crippen LogP contribution in [0, 0.1) is 6.92 Å². The molecule has 0 saturated carbocycles. The van der Waals surface area contributed by atoms with Gasteiger partial charge < -0.3 is 4.90 Å². The normalized spacial score (nSPS) is 24.4. The lowest BCUT2D eigenvalue weighted by molar-refractivity contribution is 0.224. The lowest BCUT2D eigenvalue weighted by Crippen LogP contribution is -2.54. The molecule has 2 nitrogen and oxygen atoms in total. The molecule has 1 atom stereocenters. The van der Waals surface area contributed by atoms with Gasteiger partial charge in [-0.25, -0.2) is 0 Å². The Morgan fingerprint density at radius 1 is 1.29 bits per heavy atom. The quantitative estimate of drug-likeness (QED) is 0.731. The van der Waals surface area contributed by atoms with Crippen LogP contribution in [0.25, 0.3) is 0 Å². The summed E-state index contributed by atoms with van der Waals surface area (Å²) in [5.41, 5.74) is 4.46. The summed E-state index contributed by atoms with van der Waals surface area (Å²) in [5, 5.41) is 0. The molecule has 17 heavy (non-hydrogen) atoms. The zero-order valence-electron chi connectivity index (χ0n) is 10.9. The molecule has 2 heterocycles. The molecule has 1 unspecified atom stereocenters. The van der Waals surface area contributed by atoms with E-state index in [1.165, 1.54) is 50.3 Å². The molecule has 2 aliphatic rings. The van der Waals surface area contributed by atoms with Gasteiger partial charge in [0.25, 0.3) is 0 Å². The zero-order chi connectivity index (χ0) is 11.8. The van der Waals surface area contributed by atoms with Gasteiger partial charge in [0, 0.05) is 31.4 Å². The molecule has 0 aromatic heterocycles. The topological polar surface area (TPSA) is 6.48 Å². The molecule has 0 amide bonds. The van der Waals surface area contributed by atoms with Gasteiger partial charge in [-0.15, -0.1) is 0 Å². The van der Waals surface area contributed by atoms with Crippen LogP contribution in [0.4, 0.5) is 5.69 Å². The Balaban J connectivity index is 1.87. The first-order valence-electron chi connectivity index (χ1n) is 6.86. The monoisotopic (exact) mass is 230 g/mol. The van der Waals surface area contributed by atoms with E-state index in [9.17, 15) is 0 Å². The van der Waals surface area contributed by atoms with E-state index < -0.39 is 0 Å². The lowest BCUT2D eigenvalue weighted by Gasteiger charge is -2.46. The largest absolute Gasteiger partial charge is 0.366 e. The highest BCUT2D eigenvalue weighted by Gasteiger charge is 2.30. The third-order valence-corrected chi connectivity index (χ3v) is 4.31. The highest BCUT2D eigenvalue weighted by Crippen LogP contribution is 2.33. The van der Waals surface area contributed by atoms with E-state index in [2.05, 4.69) is 41.8 Å². The summed E-state index contributed by atoms with van der Waals surface area (Å²) in [6.45, 7) is 9.35. The van der Waals surface area contributed by atoms with Crippen LogP contribution in [0.1, 0.15) is 24.5 Å². The second-order valence-electron chi connectivity index (χ2n) is 5.41. The van der Waals surface area contributed by atoms with Gasteiger partial charge in [-0.3, -0.25) is 4.90 Å². The maximum Gasteiger partial charge on any atom is 0.0420 e.